The van der Waals surface area contributed by atoms with Gasteiger partial charge in [-0.1, -0.05) is 18.6 Å². The molecule has 0 radical (unpaired) electrons. The summed E-state index contributed by atoms with van der Waals surface area (Å²) in [6.07, 6.45) is 5.41. The molecular weight excluding hydrogens is 280 g/mol. The smallest absolute Gasteiger partial charge is 0.240 e. The summed E-state index contributed by atoms with van der Waals surface area (Å²) >= 11 is 1.76. The lowest BCUT2D eigenvalue weighted by Crippen LogP contribution is -2.45. The molecule has 0 saturated heterocycles. The number of thioether (sulfide) groups is 1. The standard InChI is InChI=1S/C13H20N2O2S2/c1-18-13(7-2-8-13)10-15-19(16,17)12-5-3-11(9-14)4-6-12/h3-6,15H,2,7-10,14H2,1H3. The van der Waals surface area contributed by atoms with Crippen molar-refractivity contribution >= 4 is 21.8 Å². The summed E-state index contributed by atoms with van der Waals surface area (Å²) in [7, 11) is -3.41. The van der Waals surface area contributed by atoms with Crippen molar-refractivity contribution in [3.05, 3.63) is 29.8 Å². The van der Waals surface area contributed by atoms with E-state index in [0.29, 0.717) is 18.0 Å². The Morgan fingerprint density at radius 2 is 1.95 bits per heavy atom. The summed E-state index contributed by atoms with van der Waals surface area (Å²) in [4.78, 5) is 0.306. The van der Waals surface area contributed by atoms with Gasteiger partial charge < -0.3 is 5.73 Å². The Kier molecular flexibility index (Phi) is 4.55. The average molecular weight is 300 g/mol. The second kappa shape index (κ2) is 5.83. The first-order valence-electron chi connectivity index (χ1n) is 6.35. The molecule has 0 spiro atoms. The second-order valence-corrected chi connectivity index (χ2v) is 7.95. The maximum Gasteiger partial charge on any atom is 0.240 e. The quantitative estimate of drug-likeness (QED) is 0.839. The predicted molar refractivity (Wildman–Crippen MR) is 79.6 cm³/mol. The van der Waals surface area contributed by atoms with Crippen LogP contribution in [0.25, 0.3) is 0 Å². The van der Waals surface area contributed by atoms with Crippen molar-refractivity contribution in [3.8, 4) is 0 Å². The largest absolute Gasteiger partial charge is 0.326 e. The molecule has 4 nitrogen and oxygen atoms in total. The topological polar surface area (TPSA) is 72.2 Å². The number of rotatable bonds is 6. The van der Waals surface area contributed by atoms with Crippen molar-refractivity contribution in [2.75, 3.05) is 12.8 Å². The molecule has 0 aromatic heterocycles. The lowest BCUT2D eigenvalue weighted by Gasteiger charge is -2.40. The van der Waals surface area contributed by atoms with Gasteiger partial charge in [0, 0.05) is 17.8 Å². The van der Waals surface area contributed by atoms with Gasteiger partial charge >= 0.3 is 0 Å². The van der Waals surface area contributed by atoms with E-state index in [2.05, 4.69) is 4.72 Å². The molecule has 0 aliphatic heterocycles. The van der Waals surface area contributed by atoms with Crippen molar-refractivity contribution in [3.63, 3.8) is 0 Å². The number of sulfonamides is 1. The highest BCUT2D eigenvalue weighted by atomic mass is 32.2. The SMILES string of the molecule is CSC1(CNS(=O)(=O)c2ccc(CN)cc2)CCC1. The molecule has 3 N–H and O–H groups in total. The minimum absolute atomic E-state index is 0.101. The van der Waals surface area contributed by atoms with E-state index in [1.807, 2.05) is 6.26 Å². The van der Waals surface area contributed by atoms with Crippen molar-refractivity contribution in [2.24, 2.45) is 5.73 Å². The van der Waals surface area contributed by atoms with Crippen LogP contribution in [-0.2, 0) is 16.6 Å². The zero-order chi connectivity index (χ0) is 13.9. The Labute approximate surface area is 119 Å². The molecule has 106 valence electrons. The van der Waals surface area contributed by atoms with Gasteiger partial charge in [0.05, 0.1) is 4.90 Å². The number of nitrogens with two attached hydrogens (primary N) is 1. The fourth-order valence-corrected chi connectivity index (χ4v) is 4.27. The predicted octanol–water partition coefficient (Wildman–Crippen LogP) is 1.71. The zero-order valence-electron chi connectivity index (χ0n) is 11.1. The molecule has 1 aliphatic rings. The zero-order valence-corrected chi connectivity index (χ0v) is 12.7. The summed E-state index contributed by atoms with van der Waals surface area (Å²) in [5.41, 5.74) is 6.43. The van der Waals surface area contributed by atoms with Crippen molar-refractivity contribution in [2.45, 2.75) is 35.4 Å². The monoisotopic (exact) mass is 300 g/mol. The lowest BCUT2D eigenvalue weighted by molar-refractivity contribution is 0.362. The van der Waals surface area contributed by atoms with Gasteiger partial charge in [-0.15, -0.1) is 0 Å². The van der Waals surface area contributed by atoms with Gasteiger partial charge in [0.2, 0.25) is 10.0 Å². The normalized spacial score (nSPS) is 18.0. The Morgan fingerprint density at radius 1 is 1.32 bits per heavy atom. The number of nitrogens with one attached hydrogen (secondary N) is 1. The summed E-state index contributed by atoms with van der Waals surface area (Å²) in [6.45, 7) is 0.929. The van der Waals surface area contributed by atoms with Crippen molar-refractivity contribution in [1.29, 1.82) is 0 Å². The molecule has 6 heteroatoms. The first-order chi connectivity index (χ1) is 9.01. The van der Waals surface area contributed by atoms with Crippen LogP contribution >= 0.6 is 11.8 Å². The number of hydrogen-bond acceptors (Lipinski definition) is 4. The lowest BCUT2D eigenvalue weighted by atomic mass is 9.84. The van der Waals surface area contributed by atoms with E-state index in [-0.39, 0.29) is 4.75 Å². The van der Waals surface area contributed by atoms with E-state index < -0.39 is 10.0 Å². The molecule has 1 aromatic rings. The van der Waals surface area contributed by atoms with Gasteiger partial charge in [-0.05, 0) is 36.8 Å². The first kappa shape index (κ1) is 14.8. The average Bonchev–Trinajstić information content (AvgIpc) is 2.38. The van der Waals surface area contributed by atoms with Gasteiger partial charge in [0.15, 0.2) is 0 Å². The van der Waals surface area contributed by atoms with Crippen LogP contribution in [0.4, 0.5) is 0 Å². The third-order valence-electron chi connectivity index (χ3n) is 3.75. The van der Waals surface area contributed by atoms with Gasteiger partial charge in [-0.25, -0.2) is 13.1 Å². The Balaban J connectivity index is 2.05. The molecule has 1 saturated carbocycles. The van der Waals surface area contributed by atoms with Gasteiger partial charge in [0.25, 0.3) is 0 Å². The van der Waals surface area contributed by atoms with Crippen LogP contribution in [0.15, 0.2) is 29.2 Å². The van der Waals surface area contributed by atoms with E-state index in [4.69, 9.17) is 5.73 Å². The Hall–Kier alpha value is -0.560. The molecule has 0 atom stereocenters. The maximum absolute atomic E-state index is 12.2. The number of benzene rings is 1. The van der Waals surface area contributed by atoms with E-state index in [1.165, 1.54) is 6.42 Å². The molecule has 0 bridgehead atoms. The molecule has 2 rings (SSSR count). The maximum atomic E-state index is 12.2. The molecule has 0 amide bonds. The molecule has 1 aliphatic carbocycles. The van der Waals surface area contributed by atoms with Crippen LogP contribution in [-0.4, -0.2) is 26.0 Å². The second-order valence-electron chi connectivity index (χ2n) is 4.91. The van der Waals surface area contributed by atoms with E-state index in [9.17, 15) is 8.42 Å². The van der Waals surface area contributed by atoms with Crippen LogP contribution in [0, 0.1) is 0 Å². The van der Waals surface area contributed by atoms with Crippen LogP contribution in [0.3, 0.4) is 0 Å². The third kappa shape index (κ3) is 3.31. The highest BCUT2D eigenvalue weighted by molar-refractivity contribution is 8.00. The third-order valence-corrected chi connectivity index (χ3v) is 6.59. The Morgan fingerprint density at radius 3 is 2.37 bits per heavy atom. The molecule has 19 heavy (non-hydrogen) atoms. The molecule has 0 heterocycles. The van der Waals surface area contributed by atoms with Gasteiger partial charge in [-0.2, -0.15) is 11.8 Å². The van der Waals surface area contributed by atoms with E-state index in [0.717, 1.165) is 18.4 Å². The van der Waals surface area contributed by atoms with Crippen molar-refractivity contribution < 1.29 is 8.42 Å². The van der Waals surface area contributed by atoms with Crippen LogP contribution < -0.4 is 10.5 Å². The molecular formula is C13H20N2O2S2. The molecule has 1 fully saturated rings. The van der Waals surface area contributed by atoms with E-state index in [1.54, 1.807) is 36.0 Å². The fourth-order valence-electron chi connectivity index (χ4n) is 2.14. The molecule has 0 unspecified atom stereocenters. The van der Waals surface area contributed by atoms with Gasteiger partial charge in [0.1, 0.15) is 0 Å². The number of hydrogen-bond donors (Lipinski definition) is 2. The summed E-state index contributed by atoms with van der Waals surface area (Å²) in [6, 6.07) is 6.72. The Bertz CT molecular complexity index is 517. The summed E-state index contributed by atoms with van der Waals surface area (Å²) in [5, 5.41) is 0. The first-order valence-corrected chi connectivity index (χ1v) is 9.06. The molecule has 1 aromatic carbocycles. The summed E-state index contributed by atoms with van der Waals surface area (Å²) in [5.74, 6) is 0. The van der Waals surface area contributed by atoms with Crippen LogP contribution in [0.1, 0.15) is 24.8 Å². The minimum atomic E-state index is -3.41. The van der Waals surface area contributed by atoms with Crippen LogP contribution in [0.2, 0.25) is 0 Å². The van der Waals surface area contributed by atoms with Crippen molar-refractivity contribution in [1.82, 2.24) is 4.72 Å². The highest BCUT2D eigenvalue weighted by Gasteiger charge is 2.37. The highest BCUT2D eigenvalue weighted by Crippen LogP contribution is 2.42. The van der Waals surface area contributed by atoms with E-state index >= 15 is 0 Å². The summed E-state index contributed by atoms with van der Waals surface area (Å²) < 4.78 is 27.2. The fraction of sp³-hybridized carbons (Fsp3) is 0.538. The van der Waals surface area contributed by atoms with Crippen LogP contribution in [0.5, 0.6) is 0 Å². The van der Waals surface area contributed by atoms with Gasteiger partial charge in [-0.3, -0.25) is 0 Å². The minimum Gasteiger partial charge on any atom is -0.326 e.